The van der Waals surface area contributed by atoms with Crippen LogP contribution in [0.1, 0.15) is 13.9 Å². The summed E-state index contributed by atoms with van der Waals surface area (Å²) in [5.41, 5.74) is 0.299. The van der Waals surface area contributed by atoms with E-state index in [1.54, 1.807) is 6.92 Å². The maximum atomic E-state index is 11.2. The molecule has 1 aromatic rings. The summed E-state index contributed by atoms with van der Waals surface area (Å²) in [7, 11) is 0. The van der Waals surface area contributed by atoms with E-state index < -0.39 is 11.8 Å². The van der Waals surface area contributed by atoms with Crippen LogP contribution in [-0.4, -0.2) is 33.7 Å². The Labute approximate surface area is 111 Å². The van der Waals surface area contributed by atoms with E-state index in [0.29, 0.717) is 5.56 Å². The normalized spacial score (nSPS) is 10.3. The molecule has 17 heavy (non-hydrogen) atoms. The number of hydrogen-bond acceptors (Lipinski definition) is 6. The van der Waals surface area contributed by atoms with Gasteiger partial charge in [0.1, 0.15) is 5.76 Å². The fourth-order valence-corrected chi connectivity index (χ4v) is 0.911. The van der Waals surface area contributed by atoms with Gasteiger partial charge in [0, 0.05) is 11.6 Å². The van der Waals surface area contributed by atoms with Crippen LogP contribution in [0.3, 0.4) is 0 Å². The zero-order valence-corrected chi connectivity index (χ0v) is 9.58. The Hall–Kier alpha value is -1.64. The van der Waals surface area contributed by atoms with E-state index in [4.69, 9.17) is 0 Å². The summed E-state index contributed by atoms with van der Waals surface area (Å²) in [4.78, 5) is 22.1. The van der Waals surface area contributed by atoms with Crippen LogP contribution in [-0.2, 0) is 14.3 Å². The summed E-state index contributed by atoms with van der Waals surface area (Å²) in [6.45, 7) is 1.69. The maximum Gasteiger partial charge on any atom is 1.00 e. The van der Waals surface area contributed by atoms with E-state index in [9.17, 15) is 14.7 Å². The van der Waals surface area contributed by atoms with Crippen LogP contribution >= 0.6 is 0 Å². The van der Waals surface area contributed by atoms with E-state index >= 15 is 0 Å². The Morgan fingerprint density at radius 1 is 1.53 bits per heavy atom. The number of ketones is 1. The minimum Gasteiger partial charge on any atom is -1.00 e. The van der Waals surface area contributed by atoms with E-state index in [2.05, 4.69) is 14.9 Å². The van der Waals surface area contributed by atoms with Crippen LogP contribution in [0.2, 0.25) is 0 Å². The molecule has 1 aromatic heterocycles. The van der Waals surface area contributed by atoms with Crippen molar-refractivity contribution in [3.05, 3.63) is 30.1 Å². The SMILES string of the molecule is CCOC(=O)C(=O)C=C(O)c1ccnnc1.[H-].[Li+]. The molecule has 1 heterocycles. The minimum atomic E-state index is -1.00. The summed E-state index contributed by atoms with van der Waals surface area (Å²) < 4.78 is 4.47. The van der Waals surface area contributed by atoms with Crippen LogP contribution < -0.4 is 18.9 Å². The molecule has 86 valence electrons. The molecule has 7 heteroatoms. The third kappa shape index (κ3) is 4.81. The van der Waals surface area contributed by atoms with E-state index in [1.165, 1.54) is 18.5 Å². The molecule has 0 unspecified atom stereocenters. The summed E-state index contributed by atoms with van der Waals surface area (Å²) in [5.74, 6) is -2.28. The third-order valence-corrected chi connectivity index (χ3v) is 1.62. The molecule has 0 saturated carbocycles. The van der Waals surface area contributed by atoms with E-state index in [0.717, 1.165) is 6.08 Å². The second kappa shape index (κ2) is 7.60. The van der Waals surface area contributed by atoms with Gasteiger partial charge in [-0.15, -0.1) is 0 Å². The zero-order valence-electron chi connectivity index (χ0n) is 10.6. The standard InChI is InChI=1S/C10H10N2O4.Li.H/c1-2-16-10(15)9(14)5-8(13)7-3-4-11-12-6-7;;/h3-6,13H,2H2,1H3;;/q;+1;-1. The molecule has 1 N–H and O–H groups in total. The molecular weight excluding hydrogens is 219 g/mol. The van der Waals surface area contributed by atoms with Crippen molar-refractivity contribution in [3.8, 4) is 0 Å². The van der Waals surface area contributed by atoms with Gasteiger partial charge in [-0.05, 0) is 13.0 Å². The first-order valence-electron chi connectivity index (χ1n) is 4.54. The first kappa shape index (κ1) is 15.4. The van der Waals surface area contributed by atoms with Gasteiger partial charge in [-0.25, -0.2) is 4.79 Å². The van der Waals surface area contributed by atoms with Crippen LogP contribution in [0.5, 0.6) is 0 Å². The minimum absolute atomic E-state index is 0. The molecule has 0 saturated heterocycles. The van der Waals surface area contributed by atoms with Crippen molar-refractivity contribution in [2.24, 2.45) is 0 Å². The Bertz CT molecular complexity index is 425. The predicted molar refractivity (Wildman–Crippen MR) is 55.4 cm³/mol. The van der Waals surface area contributed by atoms with Crippen molar-refractivity contribution < 1.29 is 39.7 Å². The molecule has 0 aliphatic carbocycles. The molecule has 0 fully saturated rings. The van der Waals surface area contributed by atoms with Crippen molar-refractivity contribution in [2.45, 2.75) is 6.92 Å². The topological polar surface area (TPSA) is 89.4 Å². The van der Waals surface area contributed by atoms with Crippen molar-refractivity contribution in [1.82, 2.24) is 10.2 Å². The van der Waals surface area contributed by atoms with Gasteiger partial charge in [-0.1, -0.05) is 0 Å². The number of aliphatic hydroxyl groups excluding tert-OH is 1. The molecule has 0 aliphatic heterocycles. The number of carbonyl (C=O) groups is 2. The largest absolute Gasteiger partial charge is 1.00 e. The number of ether oxygens (including phenoxy) is 1. The monoisotopic (exact) mass is 230 g/mol. The number of carbonyl (C=O) groups excluding carboxylic acids is 2. The number of aliphatic hydroxyl groups is 1. The number of esters is 1. The molecule has 0 radical (unpaired) electrons. The molecule has 0 aliphatic rings. The second-order valence-electron chi connectivity index (χ2n) is 2.75. The smallest absolute Gasteiger partial charge is 1.00 e. The quantitative estimate of drug-likeness (QED) is 0.204. The number of aromatic nitrogens is 2. The van der Waals surface area contributed by atoms with Crippen molar-refractivity contribution in [2.75, 3.05) is 6.61 Å². The molecule has 0 atom stereocenters. The third-order valence-electron chi connectivity index (χ3n) is 1.62. The molecule has 1 rings (SSSR count). The Morgan fingerprint density at radius 3 is 2.76 bits per heavy atom. The molecule has 0 aromatic carbocycles. The fourth-order valence-electron chi connectivity index (χ4n) is 0.911. The van der Waals surface area contributed by atoms with Gasteiger partial charge in [-0.3, -0.25) is 4.79 Å². The average Bonchev–Trinajstić information content (AvgIpc) is 2.30. The van der Waals surface area contributed by atoms with Gasteiger partial charge in [0.15, 0.2) is 0 Å². The summed E-state index contributed by atoms with van der Waals surface area (Å²) in [6.07, 6.45) is 3.41. The first-order valence-corrected chi connectivity index (χ1v) is 4.54. The summed E-state index contributed by atoms with van der Waals surface area (Å²) in [5, 5.41) is 16.5. The fraction of sp³-hybridized carbons (Fsp3) is 0.200. The number of nitrogens with zero attached hydrogens (tertiary/aromatic N) is 2. The molecule has 6 nitrogen and oxygen atoms in total. The van der Waals surface area contributed by atoms with Crippen molar-refractivity contribution in [1.29, 1.82) is 0 Å². The first-order chi connectivity index (χ1) is 7.65. The van der Waals surface area contributed by atoms with Crippen LogP contribution in [0.4, 0.5) is 0 Å². The maximum absolute atomic E-state index is 11.2. The summed E-state index contributed by atoms with van der Waals surface area (Å²) >= 11 is 0. The second-order valence-corrected chi connectivity index (χ2v) is 2.75. The summed E-state index contributed by atoms with van der Waals surface area (Å²) in [6, 6.07) is 1.46. The van der Waals surface area contributed by atoms with E-state index in [-0.39, 0.29) is 32.7 Å². The molecular formula is C10H11LiN2O4. The van der Waals surface area contributed by atoms with Gasteiger partial charge in [0.25, 0.3) is 5.78 Å². The van der Waals surface area contributed by atoms with Gasteiger partial charge in [0.05, 0.1) is 19.0 Å². The Morgan fingerprint density at radius 2 is 2.24 bits per heavy atom. The zero-order chi connectivity index (χ0) is 12.0. The van der Waals surface area contributed by atoms with Gasteiger partial charge in [0.2, 0.25) is 0 Å². The van der Waals surface area contributed by atoms with Crippen molar-refractivity contribution in [3.63, 3.8) is 0 Å². The number of hydrogen-bond donors (Lipinski definition) is 1. The van der Waals surface area contributed by atoms with E-state index in [1.807, 2.05) is 0 Å². The predicted octanol–water partition coefficient (Wildman–Crippen LogP) is -2.38. The van der Waals surface area contributed by atoms with Gasteiger partial charge in [-0.2, -0.15) is 10.2 Å². The van der Waals surface area contributed by atoms with Crippen LogP contribution in [0.15, 0.2) is 24.5 Å². The van der Waals surface area contributed by atoms with Crippen LogP contribution in [0, 0.1) is 0 Å². The number of rotatable bonds is 4. The van der Waals surface area contributed by atoms with Gasteiger partial charge < -0.3 is 11.3 Å². The van der Waals surface area contributed by atoms with Crippen LogP contribution in [0.25, 0.3) is 5.76 Å². The average molecular weight is 230 g/mol. The Kier molecular flexibility index (Phi) is 6.87. The van der Waals surface area contributed by atoms with Gasteiger partial charge >= 0.3 is 24.8 Å². The molecule has 0 spiro atoms. The molecule has 0 bridgehead atoms. The molecule has 0 amide bonds. The van der Waals surface area contributed by atoms with Crippen molar-refractivity contribution >= 4 is 17.5 Å². The Balaban J connectivity index is 0.